The molecule has 0 bridgehead atoms. The second-order valence-electron chi connectivity index (χ2n) is 6.81. The monoisotopic (exact) mass is 259 g/mol. The highest BCUT2D eigenvalue weighted by atomic mass is 15.2. The van der Waals surface area contributed by atoms with Gasteiger partial charge in [0.05, 0.1) is 5.69 Å². The largest absolute Gasteiger partial charge is 0.365 e. The molecule has 0 aromatic carbocycles. The van der Waals surface area contributed by atoms with Crippen LogP contribution in [-0.4, -0.2) is 14.9 Å². The Kier molecular flexibility index (Phi) is 3.57. The second-order valence-corrected chi connectivity index (χ2v) is 6.81. The van der Waals surface area contributed by atoms with E-state index in [-0.39, 0.29) is 5.54 Å². The molecule has 3 nitrogen and oxygen atoms in total. The molecule has 0 amide bonds. The van der Waals surface area contributed by atoms with Crippen molar-refractivity contribution in [2.75, 3.05) is 5.32 Å². The fourth-order valence-corrected chi connectivity index (χ4v) is 2.22. The summed E-state index contributed by atoms with van der Waals surface area (Å²) in [7, 11) is 0. The number of anilines is 1. The van der Waals surface area contributed by atoms with Crippen LogP contribution in [0.2, 0.25) is 0 Å². The molecule has 1 N–H and O–H groups in total. The molecule has 2 aromatic rings. The topological polar surface area (TPSA) is 29.3 Å². The molecule has 2 rings (SSSR count). The minimum atomic E-state index is 0.0332. The molecule has 0 aliphatic heterocycles. The van der Waals surface area contributed by atoms with Gasteiger partial charge >= 0.3 is 0 Å². The van der Waals surface area contributed by atoms with Crippen LogP contribution in [-0.2, 0) is 6.42 Å². The Balaban J connectivity index is 2.56. The van der Waals surface area contributed by atoms with Crippen molar-refractivity contribution in [2.24, 2.45) is 5.92 Å². The lowest BCUT2D eigenvalue weighted by molar-refractivity contribution is 0.614. The molecular formula is C16H25N3. The number of pyridine rings is 1. The van der Waals surface area contributed by atoms with Gasteiger partial charge in [0.2, 0.25) is 0 Å². The first-order chi connectivity index (χ1) is 8.76. The van der Waals surface area contributed by atoms with Crippen LogP contribution in [0.1, 0.15) is 45.9 Å². The fraction of sp³-hybridized carbons (Fsp3) is 0.562. The van der Waals surface area contributed by atoms with Crippen molar-refractivity contribution in [2.45, 2.75) is 53.5 Å². The summed E-state index contributed by atoms with van der Waals surface area (Å²) < 4.78 is 2.18. The van der Waals surface area contributed by atoms with E-state index in [4.69, 9.17) is 4.98 Å². The lowest BCUT2D eigenvalue weighted by Crippen LogP contribution is -2.27. The maximum atomic E-state index is 4.78. The van der Waals surface area contributed by atoms with Gasteiger partial charge in [0.1, 0.15) is 11.5 Å². The van der Waals surface area contributed by atoms with E-state index in [1.807, 2.05) is 0 Å². The van der Waals surface area contributed by atoms with Gasteiger partial charge in [-0.25, -0.2) is 4.98 Å². The van der Waals surface area contributed by atoms with Crippen molar-refractivity contribution in [3.05, 3.63) is 29.6 Å². The maximum absolute atomic E-state index is 4.78. The highest BCUT2D eigenvalue weighted by molar-refractivity contribution is 5.57. The first kappa shape index (κ1) is 13.9. The van der Waals surface area contributed by atoms with Gasteiger partial charge < -0.3 is 5.32 Å². The average Bonchev–Trinajstić information content (AvgIpc) is 2.54. The van der Waals surface area contributed by atoms with Gasteiger partial charge in [0, 0.05) is 11.7 Å². The molecule has 2 heterocycles. The van der Waals surface area contributed by atoms with Crippen molar-refractivity contribution in [1.82, 2.24) is 9.38 Å². The van der Waals surface area contributed by atoms with Gasteiger partial charge in [-0.15, -0.1) is 0 Å². The number of rotatable bonds is 3. The van der Waals surface area contributed by atoms with Crippen molar-refractivity contribution in [1.29, 1.82) is 0 Å². The molecule has 0 spiro atoms. The Bertz CT molecular complexity index is 573. The van der Waals surface area contributed by atoms with Crippen LogP contribution in [0.25, 0.3) is 5.65 Å². The normalized spacial score (nSPS) is 12.4. The molecule has 0 unspecified atom stereocenters. The van der Waals surface area contributed by atoms with Crippen molar-refractivity contribution >= 4 is 11.5 Å². The molecule has 3 heteroatoms. The Morgan fingerprint density at radius 3 is 2.53 bits per heavy atom. The number of hydrogen-bond donors (Lipinski definition) is 1. The quantitative estimate of drug-likeness (QED) is 0.901. The van der Waals surface area contributed by atoms with Crippen LogP contribution >= 0.6 is 0 Å². The predicted octanol–water partition coefficient (Wildman–Crippen LogP) is 4.05. The Hall–Kier alpha value is -1.51. The number of imidazole rings is 1. The van der Waals surface area contributed by atoms with Crippen molar-refractivity contribution in [3.8, 4) is 0 Å². The van der Waals surface area contributed by atoms with E-state index in [9.17, 15) is 0 Å². The summed E-state index contributed by atoms with van der Waals surface area (Å²) in [6.07, 6.45) is 3.15. The fourth-order valence-electron chi connectivity index (χ4n) is 2.22. The third-order valence-corrected chi connectivity index (χ3v) is 2.93. The highest BCUT2D eigenvalue weighted by Crippen LogP contribution is 2.24. The van der Waals surface area contributed by atoms with Crippen LogP contribution in [0.4, 0.5) is 5.82 Å². The summed E-state index contributed by atoms with van der Waals surface area (Å²) in [6, 6.07) is 4.20. The van der Waals surface area contributed by atoms with E-state index in [0.717, 1.165) is 23.6 Å². The number of aromatic nitrogens is 2. The van der Waals surface area contributed by atoms with Gasteiger partial charge in [0.15, 0.2) is 0 Å². The van der Waals surface area contributed by atoms with Gasteiger partial charge in [0.25, 0.3) is 0 Å². The van der Waals surface area contributed by atoms with Crippen molar-refractivity contribution < 1.29 is 0 Å². The second kappa shape index (κ2) is 4.87. The lowest BCUT2D eigenvalue weighted by Gasteiger charge is -2.23. The third kappa shape index (κ3) is 3.28. The Morgan fingerprint density at radius 2 is 1.95 bits per heavy atom. The predicted molar refractivity (Wildman–Crippen MR) is 81.8 cm³/mol. The molecule has 19 heavy (non-hydrogen) atoms. The highest BCUT2D eigenvalue weighted by Gasteiger charge is 2.18. The molecule has 0 aliphatic carbocycles. The summed E-state index contributed by atoms with van der Waals surface area (Å²) in [5.41, 5.74) is 3.47. The number of nitrogens with zero attached hydrogens (tertiary/aromatic N) is 2. The van der Waals surface area contributed by atoms with Gasteiger partial charge in [-0.1, -0.05) is 19.9 Å². The summed E-state index contributed by atoms with van der Waals surface area (Å²) in [5.74, 6) is 1.74. The van der Waals surface area contributed by atoms with E-state index in [0.29, 0.717) is 5.92 Å². The van der Waals surface area contributed by atoms with E-state index >= 15 is 0 Å². The van der Waals surface area contributed by atoms with Crippen LogP contribution in [0.15, 0.2) is 18.3 Å². The molecule has 0 saturated carbocycles. The molecule has 0 saturated heterocycles. The van der Waals surface area contributed by atoms with E-state index < -0.39 is 0 Å². The number of hydrogen-bond acceptors (Lipinski definition) is 2. The van der Waals surface area contributed by atoms with Gasteiger partial charge in [-0.3, -0.25) is 4.40 Å². The number of aryl methyl sites for hydroxylation is 1. The van der Waals surface area contributed by atoms with Crippen LogP contribution in [0.3, 0.4) is 0 Å². The summed E-state index contributed by atoms with van der Waals surface area (Å²) in [6.45, 7) is 13.1. The van der Waals surface area contributed by atoms with Crippen LogP contribution < -0.4 is 5.32 Å². The number of nitrogens with one attached hydrogen (secondary N) is 1. The smallest absolute Gasteiger partial charge is 0.138 e. The summed E-state index contributed by atoms with van der Waals surface area (Å²) >= 11 is 0. The van der Waals surface area contributed by atoms with E-state index in [1.165, 1.54) is 5.56 Å². The molecular weight excluding hydrogens is 234 g/mol. The van der Waals surface area contributed by atoms with Crippen LogP contribution in [0.5, 0.6) is 0 Å². The third-order valence-electron chi connectivity index (χ3n) is 2.93. The maximum Gasteiger partial charge on any atom is 0.138 e. The molecule has 0 aliphatic rings. The van der Waals surface area contributed by atoms with E-state index in [1.54, 1.807) is 0 Å². The zero-order valence-corrected chi connectivity index (χ0v) is 12.9. The standard InChI is InChI=1S/C16H25N3/c1-11(2)9-13-15(18-16(4,5)6)19-10-12(3)7-8-14(19)17-13/h7-8,10-11,18H,9H2,1-6H3. The molecule has 0 fully saturated rings. The van der Waals surface area contributed by atoms with E-state index in [2.05, 4.69) is 69.6 Å². The zero-order valence-electron chi connectivity index (χ0n) is 12.9. The lowest BCUT2D eigenvalue weighted by atomic mass is 10.1. The minimum absolute atomic E-state index is 0.0332. The molecule has 0 radical (unpaired) electrons. The number of fused-ring (bicyclic) bond motifs is 1. The first-order valence-corrected chi connectivity index (χ1v) is 7.02. The Labute approximate surface area is 116 Å². The van der Waals surface area contributed by atoms with Crippen LogP contribution in [0, 0.1) is 12.8 Å². The van der Waals surface area contributed by atoms with Crippen molar-refractivity contribution in [3.63, 3.8) is 0 Å². The first-order valence-electron chi connectivity index (χ1n) is 7.02. The zero-order chi connectivity index (χ0) is 14.2. The molecule has 104 valence electrons. The van der Waals surface area contributed by atoms with Gasteiger partial charge in [-0.05, 0) is 51.7 Å². The Morgan fingerprint density at radius 1 is 1.26 bits per heavy atom. The average molecular weight is 259 g/mol. The summed E-state index contributed by atoms with van der Waals surface area (Å²) in [4.78, 5) is 4.78. The molecule has 2 aromatic heterocycles. The molecule has 0 atom stereocenters. The SMILES string of the molecule is Cc1ccc2nc(CC(C)C)c(NC(C)(C)C)n2c1. The minimum Gasteiger partial charge on any atom is -0.365 e. The summed E-state index contributed by atoms with van der Waals surface area (Å²) in [5, 5.41) is 3.61. The van der Waals surface area contributed by atoms with Gasteiger partial charge in [-0.2, -0.15) is 0 Å².